The van der Waals surface area contributed by atoms with Crippen molar-refractivity contribution in [3.63, 3.8) is 0 Å². The van der Waals surface area contributed by atoms with E-state index in [2.05, 4.69) is 20.9 Å². The number of nitrogens with one attached hydrogen (secondary N) is 1. The van der Waals surface area contributed by atoms with Crippen molar-refractivity contribution in [2.75, 3.05) is 0 Å². The van der Waals surface area contributed by atoms with Gasteiger partial charge < -0.3 is 10.1 Å². The molecule has 0 amide bonds. The zero-order valence-electron chi connectivity index (χ0n) is 6.54. The maximum atomic E-state index is 10.6. The largest absolute Gasteiger partial charge is 0.507 e. The van der Waals surface area contributed by atoms with Gasteiger partial charge in [-0.2, -0.15) is 0 Å². The Hall–Kier alpha value is -1.29. The van der Waals surface area contributed by atoms with Crippen LogP contribution in [-0.2, 0) is 0 Å². The zero-order chi connectivity index (χ0) is 9.42. The number of benzene rings is 1. The number of carbonyl (C=O) groups excluding carboxylic acids is 1. The number of halogens is 1. The molecule has 4 heteroatoms. The quantitative estimate of drug-likeness (QED) is 0.752. The Balaban J connectivity index is 2.84. The van der Waals surface area contributed by atoms with Crippen LogP contribution in [0.4, 0.5) is 0 Å². The second-order valence-electron chi connectivity index (χ2n) is 2.71. The molecule has 0 aliphatic carbocycles. The Morgan fingerprint density at radius 3 is 2.92 bits per heavy atom. The average molecular weight is 240 g/mol. The third-order valence-corrected chi connectivity index (χ3v) is 2.54. The van der Waals surface area contributed by atoms with Crippen molar-refractivity contribution in [3.05, 3.63) is 28.4 Å². The number of aromatic hydroxyl groups is 1. The second-order valence-corrected chi connectivity index (χ2v) is 3.57. The highest BCUT2D eigenvalue weighted by Crippen LogP contribution is 2.29. The molecule has 2 rings (SSSR count). The number of aldehydes is 1. The topological polar surface area (TPSA) is 53.1 Å². The van der Waals surface area contributed by atoms with Crippen LogP contribution in [0.5, 0.6) is 5.75 Å². The summed E-state index contributed by atoms with van der Waals surface area (Å²) in [6.45, 7) is 0. The fourth-order valence-electron chi connectivity index (χ4n) is 1.25. The van der Waals surface area contributed by atoms with E-state index < -0.39 is 0 Å². The monoisotopic (exact) mass is 239 g/mol. The summed E-state index contributed by atoms with van der Waals surface area (Å²) < 4.78 is 0.586. The fourth-order valence-corrected chi connectivity index (χ4v) is 1.59. The van der Waals surface area contributed by atoms with Crippen LogP contribution in [0.15, 0.2) is 22.8 Å². The molecule has 0 bridgehead atoms. The Kier molecular flexibility index (Phi) is 1.84. The molecule has 0 radical (unpaired) electrons. The maximum Gasteiger partial charge on any atom is 0.152 e. The summed E-state index contributed by atoms with van der Waals surface area (Å²) in [5.41, 5.74) is 1.35. The van der Waals surface area contributed by atoms with Gasteiger partial charge in [-0.3, -0.25) is 4.79 Å². The molecule has 0 spiro atoms. The van der Waals surface area contributed by atoms with Crippen molar-refractivity contribution in [2.24, 2.45) is 0 Å². The van der Waals surface area contributed by atoms with Gasteiger partial charge in [-0.25, -0.2) is 0 Å². The van der Waals surface area contributed by atoms with Gasteiger partial charge in [0, 0.05) is 28.7 Å². The highest BCUT2D eigenvalue weighted by Gasteiger charge is 2.06. The van der Waals surface area contributed by atoms with E-state index in [0.717, 1.165) is 17.2 Å². The van der Waals surface area contributed by atoms with Crippen LogP contribution in [0.25, 0.3) is 10.9 Å². The average Bonchev–Trinajstić information content (AvgIpc) is 2.48. The molecule has 0 aliphatic rings. The normalized spacial score (nSPS) is 10.5. The van der Waals surface area contributed by atoms with Crippen molar-refractivity contribution in [1.82, 2.24) is 4.98 Å². The van der Waals surface area contributed by atoms with E-state index in [9.17, 15) is 9.90 Å². The summed E-state index contributed by atoms with van der Waals surface area (Å²) in [7, 11) is 0. The Morgan fingerprint density at radius 2 is 2.23 bits per heavy atom. The fraction of sp³-hybridized carbons (Fsp3) is 0. The number of H-pyrrole nitrogens is 1. The third kappa shape index (κ3) is 1.23. The first-order valence-corrected chi connectivity index (χ1v) is 4.46. The van der Waals surface area contributed by atoms with Crippen LogP contribution >= 0.6 is 15.9 Å². The summed E-state index contributed by atoms with van der Waals surface area (Å²) in [6, 6.07) is 3.29. The van der Waals surface area contributed by atoms with E-state index in [0.29, 0.717) is 10.0 Å². The lowest BCUT2D eigenvalue weighted by molar-refractivity contribution is 0.112. The molecule has 13 heavy (non-hydrogen) atoms. The molecular weight excluding hydrogens is 234 g/mol. The standard InChI is InChI=1S/C9H6BrNO2/c10-7-1-6-5(4-12)3-11-8(6)2-9(7)13/h1-4,11,13H. The number of aromatic nitrogens is 1. The number of fused-ring (bicyclic) bond motifs is 1. The number of phenolic OH excluding ortho intramolecular Hbond substituents is 1. The first-order valence-electron chi connectivity index (χ1n) is 3.67. The summed E-state index contributed by atoms with van der Waals surface area (Å²) in [4.78, 5) is 13.5. The lowest BCUT2D eigenvalue weighted by Crippen LogP contribution is -1.75. The molecule has 1 aromatic heterocycles. The molecule has 1 aromatic carbocycles. The summed E-state index contributed by atoms with van der Waals surface area (Å²) >= 11 is 3.18. The maximum absolute atomic E-state index is 10.6. The smallest absolute Gasteiger partial charge is 0.152 e. The molecule has 2 aromatic rings. The van der Waals surface area contributed by atoms with Gasteiger partial charge >= 0.3 is 0 Å². The van der Waals surface area contributed by atoms with E-state index in [4.69, 9.17) is 0 Å². The molecule has 2 N–H and O–H groups in total. The number of hydrogen-bond donors (Lipinski definition) is 2. The van der Waals surface area contributed by atoms with E-state index in [1.54, 1.807) is 18.3 Å². The summed E-state index contributed by atoms with van der Waals surface area (Å²) in [5, 5.41) is 10.1. The van der Waals surface area contributed by atoms with Crippen LogP contribution in [0.1, 0.15) is 10.4 Å². The van der Waals surface area contributed by atoms with Crippen LogP contribution in [-0.4, -0.2) is 16.4 Å². The second kappa shape index (κ2) is 2.88. The SMILES string of the molecule is O=Cc1c[nH]c2cc(O)c(Br)cc12. The summed E-state index contributed by atoms with van der Waals surface area (Å²) in [6.07, 6.45) is 2.39. The van der Waals surface area contributed by atoms with Crippen LogP contribution < -0.4 is 0 Å². The van der Waals surface area contributed by atoms with E-state index in [-0.39, 0.29) is 5.75 Å². The minimum Gasteiger partial charge on any atom is -0.507 e. The summed E-state index contributed by atoms with van der Waals surface area (Å²) in [5.74, 6) is 0.159. The molecule has 0 saturated carbocycles. The molecule has 0 unspecified atom stereocenters. The van der Waals surface area contributed by atoms with Gasteiger partial charge in [0.25, 0.3) is 0 Å². The predicted molar refractivity (Wildman–Crippen MR) is 53.1 cm³/mol. The first-order chi connectivity index (χ1) is 6.22. The van der Waals surface area contributed by atoms with Gasteiger partial charge in [0.05, 0.1) is 4.47 Å². The van der Waals surface area contributed by atoms with Gasteiger partial charge in [0.2, 0.25) is 0 Å². The minimum absolute atomic E-state index is 0.159. The highest BCUT2D eigenvalue weighted by atomic mass is 79.9. The van der Waals surface area contributed by atoms with Gasteiger partial charge in [-0.05, 0) is 22.0 Å². The molecule has 0 atom stereocenters. The molecule has 1 heterocycles. The number of hydrogen-bond acceptors (Lipinski definition) is 2. The Morgan fingerprint density at radius 1 is 1.46 bits per heavy atom. The van der Waals surface area contributed by atoms with E-state index in [1.165, 1.54) is 0 Å². The predicted octanol–water partition coefficient (Wildman–Crippen LogP) is 2.45. The third-order valence-electron chi connectivity index (χ3n) is 1.91. The molecule has 0 aliphatic heterocycles. The van der Waals surface area contributed by atoms with Crippen LogP contribution in [0.3, 0.4) is 0 Å². The highest BCUT2D eigenvalue weighted by molar-refractivity contribution is 9.10. The lowest BCUT2D eigenvalue weighted by Gasteiger charge is -1.96. The van der Waals surface area contributed by atoms with Crippen molar-refractivity contribution < 1.29 is 9.90 Å². The van der Waals surface area contributed by atoms with Gasteiger partial charge in [-0.15, -0.1) is 0 Å². The van der Waals surface area contributed by atoms with E-state index >= 15 is 0 Å². The number of aromatic amines is 1. The van der Waals surface area contributed by atoms with E-state index in [1.807, 2.05) is 0 Å². The lowest BCUT2D eigenvalue weighted by atomic mass is 10.2. The number of phenols is 1. The minimum atomic E-state index is 0.159. The van der Waals surface area contributed by atoms with Crippen LogP contribution in [0, 0.1) is 0 Å². The van der Waals surface area contributed by atoms with Crippen molar-refractivity contribution in [1.29, 1.82) is 0 Å². The van der Waals surface area contributed by atoms with Crippen LogP contribution in [0.2, 0.25) is 0 Å². The zero-order valence-corrected chi connectivity index (χ0v) is 8.13. The number of carbonyl (C=O) groups is 1. The van der Waals surface area contributed by atoms with Crippen molar-refractivity contribution in [3.8, 4) is 5.75 Å². The molecule has 0 saturated heterocycles. The van der Waals surface area contributed by atoms with Crippen molar-refractivity contribution in [2.45, 2.75) is 0 Å². The molecule has 0 fully saturated rings. The Labute approximate surface area is 82.5 Å². The Bertz CT molecular complexity index is 476. The first kappa shape index (κ1) is 8.31. The molecular formula is C9H6BrNO2. The van der Waals surface area contributed by atoms with Gasteiger partial charge in [0.15, 0.2) is 6.29 Å². The molecule has 3 nitrogen and oxygen atoms in total. The van der Waals surface area contributed by atoms with Gasteiger partial charge in [0.1, 0.15) is 5.75 Å². The van der Waals surface area contributed by atoms with Gasteiger partial charge in [-0.1, -0.05) is 0 Å². The molecule has 66 valence electrons. The van der Waals surface area contributed by atoms with Crippen molar-refractivity contribution >= 4 is 33.1 Å². The number of rotatable bonds is 1.